The van der Waals surface area contributed by atoms with Crippen LogP contribution < -0.4 is 5.32 Å². The van der Waals surface area contributed by atoms with E-state index >= 15 is 0 Å². The number of fused-ring (bicyclic) bond motifs is 1. The van der Waals surface area contributed by atoms with Crippen molar-refractivity contribution >= 4 is 11.3 Å². The Hall–Kier alpha value is -1.06. The van der Waals surface area contributed by atoms with Crippen molar-refractivity contribution in [2.24, 2.45) is 0 Å². The third-order valence-electron chi connectivity index (χ3n) is 2.74. The molecule has 0 radical (unpaired) electrons. The molecule has 1 aliphatic rings. The molecule has 2 aromatic rings. The molecule has 3 heterocycles. The maximum Gasteiger partial charge on any atom is 0.171 e. The molecule has 0 aromatic carbocycles. The number of hydrogen-bond donors (Lipinski definition) is 1. The Kier molecular flexibility index (Phi) is 1.92. The molecular weight excluding hydrogens is 194 g/mol. The fourth-order valence-electron chi connectivity index (χ4n) is 2.08. The first kappa shape index (κ1) is 8.26. The Bertz CT molecular complexity index is 418. The lowest BCUT2D eigenvalue weighted by molar-refractivity contribution is -0.691. The molecule has 0 saturated heterocycles. The molecule has 0 bridgehead atoms. The smallest absolute Gasteiger partial charge is 0.171 e. The van der Waals surface area contributed by atoms with Gasteiger partial charge in [0.05, 0.1) is 12.8 Å². The van der Waals surface area contributed by atoms with Gasteiger partial charge in [0.1, 0.15) is 0 Å². The average Bonchev–Trinajstić information content (AvgIpc) is 2.88. The number of furan rings is 1. The summed E-state index contributed by atoms with van der Waals surface area (Å²) >= 11 is 1.86. The van der Waals surface area contributed by atoms with E-state index in [0.29, 0.717) is 6.04 Å². The molecule has 0 aliphatic carbocycles. The molecule has 3 rings (SSSR count). The standard InChI is InChI=1S/C11H11NOS/c1-2-9(13-6-1)11-8-4-7-14-10(8)3-5-12-11/h1-2,4,6-7,11-12H,3,5H2/p+1/t11-/m1/s1. The van der Waals surface area contributed by atoms with Crippen molar-refractivity contribution < 1.29 is 9.73 Å². The van der Waals surface area contributed by atoms with Crippen LogP contribution in [0, 0.1) is 0 Å². The summed E-state index contributed by atoms with van der Waals surface area (Å²) in [5.74, 6) is 1.07. The molecular formula is C11H12NOS+. The van der Waals surface area contributed by atoms with Crippen molar-refractivity contribution in [3.8, 4) is 0 Å². The van der Waals surface area contributed by atoms with Gasteiger partial charge in [-0.15, -0.1) is 11.3 Å². The lowest BCUT2D eigenvalue weighted by Crippen LogP contribution is -2.87. The number of nitrogens with two attached hydrogens (primary N) is 1. The second-order valence-corrected chi connectivity index (χ2v) is 4.57. The Morgan fingerprint density at radius 1 is 1.43 bits per heavy atom. The van der Waals surface area contributed by atoms with Crippen LogP contribution in [0.15, 0.2) is 34.3 Å². The van der Waals surface area contributed by atoms with E-state index in [1.807, 2.05) is 17.4 Å². The molecule has 0 spiro atoms. The van der Waals surface area contributed by atoms with Crippen molar-refractivity contribution in [2.75, 3.05) is 6.54 Å². The molecule has 1 aliphatic heterocycles. The normalized spacial score (nSPS) is 20.7. The first-order chi connectivity index (χ1) is 6.95. The highest BCUT2D eigenvalue weighted by Gasteiger charge is 2.27. The molecule has 2 nitrogen and oxygen atoms in total. The number of rotatable bonds is 1. The van der Waals surface area contributed by atoms with Gasteiger partial charge in [-0.25, -0.2) is 0 Å². The van der Waals surface area contributed by atoms with E-state index in [9.17, 15) is 0 Å². The number of quaternary nitrogens is 1. The van der Waals surface area contributed by atoms with Crippen molar-refractivity contribution in [3.63, 3.8) is 0 Å². The Labute approximate surface area is 86.6 Å². The summed E-state index contributed by atoms with van der Waals surface area (Å²) < 4.78 is 5.47. The van der Waals surface area contributed by atoms with Crippen LogP contribution in [0.3, 0.4) is 0 Å². The molecule has 72 valence electrons. The summed E-state index contributed by atoms with van der Waals surface area (Å²) in [5, 5.41) is 4.54. The van der Waals surface area contributed by atoms with Crippen LogP contribution in [0.1, 0.15) is 22.2 Å². The van der Waals surface area contributed by atoms with E-state index < -0.39 is 0 Å². The topological polar surface area (TPSA) is 29.8 Å². The highest BCUT2D eigenvalue weighted by Crippen LogP contribution is 2.28. The second-order valence-electron chi connectivity index (χ2n) is 3.57. The van der Waals surface area contributed by atoms with Crippen LogP contribution in [-0.2, 0) is 6.42 Å². The van der Waals surface area contributed by atoms with E-state index in [1.165, 1.54) is 23.4 Å². The van der Waals surface area contributed by atoms with Crippen LogP contribution in [0.5, 0.6) is 0 Å². The fourth-order valence-corrected chi connectivity index (χ4v) is 3.02. The Morgan fingerprint density at radius 2 is 2.43 bits per heavy atom. The lowest BCUT2D eigenvalue weighted by Gasteiger charge is -2.18. The predicted octanol–water partition coefficient (Wildman–Crippen LogP) is 1.55. The van der Waals surface area contributed by atoms with Gasteiger partial charge in [0.15, 0.2) is 11.8 Å². The summed E-state index contributed by atoms with van der Waals surface area (Å²) in [5.41, 5.74) is 1.44. The Morgan fingerprint density at radius 3 is 3.29 bits per heavy atom. The van der Waals surface area contributed by atoms with Crippen molar-refractivity contribution in [1.82, 2.24) is 0 Å². The van der Waals surface area contributed by atoms with E-state index in [-0.39, 0.29) is 0 Å². The fraction of sp³-hybridized carbons (Fsp3) is 0.273. The van der Waals surface area contributed by atoms with Gasteiger partial charge in [-0.1, -0.05) is 0 Å². The van der Waals surface area contributed by atoms with Gasteiger partial charge in [-0.3, -0.25) is 0 Å². The molecule has 14 heavy (non-hydrogen) atoms. The molecule has 2 N–H and O–H groups in total. The molecule has 0 fully saturated rings. The zero-order valence-corrected chi connectivity index (χ0v) is 8.59. The molecule has 0 unspecified atom stereocenters. The van der Waals surface area contributed by atoms with Crippen molar-refractivity contribution in [2.45, 2.75) is 12.5 Å². The van der Waals surface area contributed by atoms with Gasteiger partial charge in [0.2, 0.25) is 0 Å². The van der Waals surface area contributed by atoms with E-state index in [4.69, 9.17) is 4.42 Å². The van der Waals surface area contributed by atoms with Gasteiger partial charge in [-0.2, -0.15) is 0 Å². The average molecular weight is 206 g/mol. The zero-order valence-electron chi connectivity index (χ0n) is 7.77. The third kappa shape index (κ3) is 1.21. The summed E-state index contributed by atoms with van der Waals surface area (Å²) in [7, 11) is 0. The van der Waals surface area contributed by atoms with E-state index in [2.05, 4.69) is 22.8 Å². The first-order valence-corrected chi connectivity index (χ1v) is 5.76. The maximum atomic E-state index is 5.47. The van der Waals surface area contributed by atoms with Crippen molar-refractivity contribution in [3.05, 3.63) is 46.0 Å². The minimum Gasteiger partial charge on any atom is -0.463 e. The van der Waals surface area contributed by atoms with Gasteiger partial charge < -0.3 is 9.73 Å². The highest BCUT2D eigenvalue weighted by atomic mass is 32.1. The van der Waals surface area contributed by atoms with Crippen LogP contribution in [0.25, 0.3) is 0 Å². The molecule has 0 amide bonds. The van der Waals surface area contributed by atoms with E-state index in [0.717, 1.165) is 5.76 Å². The third-order valence-corrected chi connectivity index (χ3v) is 3.73. The molecule has 3 heteroatoms. The lowest BCUT2D eigenvalue weighted by atomic mass is 10.0. The first-order valence-electron chi connectivity index (χ1n) is 4.88. The van der Waals surface area contributed by atoms with Gasteiger partial charge in [0, 0.05) is 16.9 Å². The molecule has 0 saturated carbocycles. The maximum absolute atomic E-state index is 5.47. The largest absolute Gasteiger partial charge is 0.463 e. The SMILES string of the molecule is c1coc([C@@H]2[NH2+]CCc3sccc32)c1. The summed E-state index contributed by atoms with van der Waals surface area (Å²) in [6, 6.07) is 6.64. The zero-order chi connectivity index (χ0) is 9.38. The van der Waals surface area contributed by atoms with Gasteiger partial charge in [0.25, 0.3) is 0 Å². The van der Waals surface area contributed by atoms with Crippen LogP contribution in [-0.4, -0.2) is 6.54 Å². The summed E-state index contributed by atoms with van der Waals surface area (Å²) in [4.78, 5) is 1.52. The highest BCUT2D eigenvalue weighted by molar-refractivity contribution is 7.10. The van der Waals surface area contributed by atoms with Crippen LogP contribution in [0.2, 0.25) is 0 Å². The van der Waals surface area contributed by atoms with Crippen LogP contribution >= 0.6 is 11.3 Å². The second kappa shape index (κ2) is 3.26. The number of hydrogen-bond acceptors (Lipinski definition) is 2. The summed E-state index contributed by atoms with van der Waals surface area (Å²) in [6.07, 6.45) is 2.95. The quantitative estimate of drug-likeness (QED) is 0.753. The van der Waals surface area contributed by atoms with Crippen molar-refractivity contribution in [1.29, 1.82) is 0 Å². The minimum absolute atomic E-state index is 0.389. The van der Waals surface area contributed by atoms with Gasteiger partial charge in [-0.05, 0) is 23.6 Å². The predicted molar refractivity (Wildman–Crippen MR) is 55.4 cm³/mol. The molecule has 1 atom stereocenters. The minimum atomic E-state index is 0.389. The van der Waals surface area contributed by atoms with Gasteiger partial charge >= 0.3 is 0 Å². The van der Waals surface area contributed by atoms with Crippen LogP contribution in [0.4, 0.5) is 0 Å². The monoisotopic (exact) mass is 206 g/mol. The summed E-state index contributed by atoms with van der Waals surface area (Å²) in [6.45, 7) is 1.17. The van der Waals surface area contributed by atoms with E-state index in [1.54, 1.807) is 6.26 Å². The molecule has 2 aromatic heterocycles. The Balaban J connectivity index is 2.04. The number of thiophene rings is 1.